The van der Waals surface area contributed by atoms with Gasteiger partial charge in [0.25, 0.3) is 11.8 Å². The molecule has 2 fully saturated rings. The molecular formula is C25H28N4O5S. The van der Waals surface area contributed by atoms with Crippen LogP contribution in [0.5, 0.6) is 5.75 Å². The van der Waals surface area contributed by atoms with Gasteiger partial charge in [0.2, 0.25) is 11.8 Å². The Kier molecular flexibility index (Phi) is 6.55. The molecule has 9 nitrogen and oxygen atoms in total. The highest BCUT2D eigenvalue weighted by molar-refractivity contribution is 7.13. The van der Waals surface area contributed by atoms with E-state index in [1.807, 2.05) is 17.9 Å². The Morgan fingerprint density at radius 1 is 1.23 bits per heavy atom. The van der Waals surface area contributed by atoms with E-state index in [4.69, 9.17) is 4.74 Å². The van der Waals surface area contributed by atoms with E-state index in [2.05, 4.69) is 10.3 Å². The summed E-state index contributed by atoms with van der Waals surface area (Å²) >= 11 is 1.45. The van der Waals surface area contributed by atoms with Crippen LogP contribution in [0.2, 0.25) is 0 Å². The molecule has 2 aromatic rings. The van der Waals surface area contributed by atoms with E-state index in [0.29, 0.717) is 42.3 Å². The summed E-state index contributed by atoms with van der Waals surface area (Å²) in [6.07, 6.45) is 5.93. The van der Waals surface area contributed by atoms with Crippen LogP contribution in [0.4, 0.5) is 0 Å². The van der Waals surface area contributed by atoms with Gasteiger partial charge in [0.15, 0.2) is 0 Å². The van der Waals surface area contributed by atoms with Crippen LogP contribution in [0.15, 0.2) is 24.4 Å². The fourth-order valence-corrected chi connectivity index (χ4v) is 5.80. The maximum Gasteiger partial charge on any atom is 0.265 e. The van der Waals surface area contributed by atoms with E-state index < -0.39 is 11.9 Å². The van der Waals surface area contributed by atoms with E-state index in [-0.39, 0.29) is 30.2 Å². The van der Waals surface area contributed by atoms with Crippen molar-refractivity contribution in [2.45, 2.75) is 64.1 Å². The lowest BCUT2D eigenvalue weighted by molar-refractivity contribution is -0.136. The zero-order valence-electron chi connectivity index (χ0n) is 19.6. The number of nitrogens with zero attached hydrogens (tertiary/aromatic N) is 3. The van der Waals surface area contributed by atoms with Crippen molar-refractivity contribution in [3.05, 3.63) is 45.4 Å². The van der Waals surface area contributed by atoms with Crippen LogP contribution < -0.4 is 10.1 Å². The van der Waals surface area contributed by atoms with Gasteiger partial charge in [-0.25, -0.2) is 4.98 Å². The van der Waals surface area contributed by atoms with Crippen LogP contribution in [-0.4, -0.2) is 63.6 Å². The number of amides is 4. The highest BCUT2D eigenvalue weighted by atomic mass is 32.1. The number of rotatable bonds is 6. The Morgan fingerprint density at radius 2 is 2.09 bits per heavy atom. The van der Waals surface area contributed by atoms with Crippen LogP contribution in [0, 0.1) is 0 Å². The lowest BCUT2D eigenvalue weighted by Gasteiger charge is -2.35. The first-order chi connectivity index (χ1) is 16.9. The Hall–Kier alpha value is -3.27. The maximum atomic E-state index is 13.1. The third-order valence-corrected chi connectivity index (χ3v) is 8.02. The van der Waals surface area contributed by atoms with Gasteiger partial charge in [-0.3, -0.25) is 24.5 Å². The highest BCUT2D eigenvalue weighted by Crippen LogP contribution is 2.31. The van der Waals surface area contributed by atoms with Crippen molar-refractivity contribution in [2.24, 2.45) is 0 Å². The van der Waals surface area contributed by atoms with Gasteiger partial charge < -0.3 is 14.5 Å². The second-order valence-electron chi connectivity index (χ2n) is 9.15. The summed E-state index contributed by atoms with van der Waals surface area (Å²) < 4.78 is 6.10. The molecule has 1 aromatic carbocycles. The summed E-state index contributed by atoms with van der Waals surface area (Å²) in [7, 11) is 0. The molecule has 0 bridgehead atoms. The van der Waals surface area contributed by atoms with Crippen molar-refractivity contribution >= 4 is 35.0 Å². The third-order valence-electron chi connectivity index (χ3n) is 6.89. The fourth-order valence-electron chi connectivity index (χ4n) is 4.99. The van der Waals surface area contributed by atoms with Gasteiger partial charge >= 0.3 is 0 Å². The minimum atomic E-state index is -0.640. The molecule has 2 unspecified atom stereocenters. The molecule has 5 rings (SSSR count). The molecule has 0 radical (unpaired) electrons. The molecular weight excluding hydrogens is 468 g/mol. The van der Waals surface area contributed by atoms with Crippen LogP contribution >= 0.6 is 11.3 Å². The van der Waals surface area contributed by atoms with Crippen LogP contribution in [0.3, 0.4) is 0 Å². The molecule has 2 atom stereocenters. The number of fused-ring (bicyclic) bond motifs is 1. The van der Waals surface area contributed by atoms with Gasteiger partial charge in [0, 0.05) is 25.1 Å². The summed E-state index contributed by atoms with van der Waals surface area (Å²) in [6, 6.07) is 4.66. The highest BCUT2D eigenvalue weighted by Gasteiger charge is 2.39. The number of hydrogen-bond acceptors (Lipinski definition) is 7. The van der Waals surface area contributed by atoms with E-state index in [1.165, 1.54) is 16.2 Å². The number of carbonyl (C=O) groups is 4. The second kappa shape index (κ2) is 9.77. The summed E-state index contributed by atoms with van der Waals surface area (Å²) in [6.45, 7) is 3.40. The molecule has 3 aliphatic heterocycles. The van der Waals surface area contributed by atoms with Crippen molar-refractivity contribution in [3.63, 3.8) is 0 Å². The number of likely N-dealkylation sites (tertiary alicyclic amines) is 1. The predicted octanol–water partition coefficient (Wildman–Crippen LogP) is 2.54. The Morgan fingerprint density at radius 3 is 2.86 bits per heavy atom. The van der Waals surface area contributed by atoms with E-state index in [0.717, 1.165) is 36.3 Å². The molecule has 184 valence electrons. The maximum absolute atomic E-state index is 13.1. The number of aryl methyl sites for hydroxylation is 1. The van der Waals surface area contributed by atoms with Crippen LogP contribution in [0.1, 0.15) is 69.6 Å². The minimum Gasteiger partial charge on any atom is -0.491 e. The van der Waals surface area contributed by atoms with Gasteiger partial charge in [0.1, 0.15) is 23.3 Å². The second-order valence-corrected chi connectivity index (χ2v) is 10.3. The summed E-state index contributed by atoms with van der Waals surface area (Å²) in [5.41, 5.74) is 1.35. The summed E-state index contributed by atoms with van der Waals surface area (Å²) in [5.74, 6) is -0.294. The zero-order chi connectivity index (χ0) is 24.5. The normalized spacial score (nSPS) is 22.3. The van der Waals surface area contributed by atoms with Crippen molar-refractivity contribution in [3.8, 4) is 5.75 Å². The van der Waals surface area contributed by atoms with Crippen molar-refractivity contribution < 1.29 is 23.9 Å². The molecule has 1 aromatic heterocycles. The first-order valence-corrected chi connectivity index (χ1v) is 12.9. The van der Waals surface area contributed by atoms with E-state index in [1.54, 1.807) is 18.3 Å². The first kappa shape index (κ1) is 23.5. The first-order valence-electron chi connectivity index (χ1n) is 12.1. The largest absolute Gasteiger partial charge is 0.491 e. The summed E-state index contributed by atoms with van der Waals surface area (Å²) in [5, 5.41) is 3.28. The van der Waals surface area contributed by atoms with Crippen LogP contribution in [0.25, 0.3) is 0 Å². The third kappa shape index (κ3) is 4.67. The lowest BCUT2D eigenvalue weighted by atomic mass is 10.0. The number of thiazole rings is 1. The number of ether oxygens (including phenoxy) is 1. The number of aromatic nitrogens is 1. The molecule has 0 spiro atoms. The Balaban J connectivity index is 1.24. The van der Waals surface area contributed by atoms with Crippen molar-refractivity contribution in [1.29, 1.82) is 0 Å². The van der Waals surface area contributed by atoms with Gasteiger partial charge in [-0.2, -0.15) is 0 Å². The van der Waals surface area contributed by atoms with E-state index in [9.17, 15) is 19.2 Å². The molecule has 3 aliphatic rings. The SMILES string of the molecule is CCc1ncc(C(=O)N2CCCCC2COc2ccc3c(c2)CN(C2CCC(=O)NC2=O)C3=O)s1. The average molecular weight is 497 g/mol. The smallest absolute Gasteiger partial charge is 0.265 e. The van der Waals surface area contributed by atoms with Crippen LogP contribution in [-0.2, 0) is 22.6 Å². The zero-order valence-corrected chi connectivity index (χ0v) is 20.4. The number of nitrogens with one attached hydrogen (secondary N) is 1. The van der Waals surface area contributed by atoms with Gasteiger partial charge in [-0.05, 0) is 55.9 Å². The molecule has 4 amide bonds. The van der Waals surface area contributed by atoms with Crippen molar-refractivity contribution in [2.75, 3.05) is 13.2 Å². The number of hydrogen-bond donors (Lipinski definition) is 1. The number of benzene rings is 1. The fraction of sp³-hybridized carbons (Fsp3) is 0.480. The molecule has 4 heterocycles. The minimum absolute atomic E-state index is 0.00920. The van der Waals surface area contributed by atoms with Gasteiger partial charge in [-0.15, -0.1) is 11.3 Å². The quantitative estimate of drug-likeness (QED) is 0.616. The van der Waals surface area contributed by atoms with Gasteiger partial charge in [0.05, 0.1) is 17.2 Å². The lowest BCUT2D eigenvalue weighted by Crippen LogP contribution is -2.52. The Bertz CT molecular complexity index is 1180. The van der Waals surface area contributed by atoms with Gasteiger partial charge in [-0.1, -0.05) is 6.92 Å². The molecule has 0 aliphatic carbocycles. The standard InChI is InChI=1S/C25H28N4O5S/c1-2-22-26-12-20(35-22)25(33)28-10-4-3-5-16(28)14-34-17-6-7-18-15(11-17)13-29(24(18)32)19-8-9-21(30)27-23(19)31/h6-7,11-12,16,19H,2-5,8-10,13-14H2,1H3,(H,27,30,31). The molecule has 0 saturated carbocycles. The number of piperidine rings is 2. The monoisotopic (exact) mass is 496 g/mol. The molecule has 2 saturated heterocycles. The Labute approximate surface area is 207 Å². The summed E-state index contributed by atoms with van der Waals surface area (Å²) in [4.78, 5) is 58.1. The van der Waals surface area contributed by atoms with Crippen molar-refractivity contribution in [1.82, 2.24) is 20.1 Å². The number of imide groups is 1. The van der Waals surface area contributed by atoms with E-state index >= 15 is 0 Å². The molecule has 1 N–H and O–H groups in total. The molecule has 10 heteroatoms. The topological polar surface area (TPSA) is 109 Å². The number of carbonyl (C=O) groups excluding carboxylic acids is 4. The average Bonchev–Trinajstić information content (AvgIpc) is 3.47. The predicted molar refractivity (Wildman–Crippen MR) is 128 cm³/mol. The molecule has 35 heavy (non-hydrogen) atoms.